The number of hydrogen-bond donors (Lipinski definition) is 2. The van der Waals surface area contributed by atoms with Crippen molar-refractivity contribution < 1.29 is 28.2 Å². The highest BCUT2D eigenvalue weighted by atomic mass is 19.1. The first kappa shape index (κ1) is 31.8. The van der Waals surface area contributed by atoms with E-state index < -0.39 is 12.0 Å². The highest BCUT2D eigenvalue weighted by Gasteiger charge is 2.17. The summed E-state index contributed by atoms with van der Waals surface area (Å²) in [4.78, 5) is 13.5. The Labute approximate surface area is 256 Å². The van der Waals surface area contributed by atoms with Gasteiger partial charge in [-0.1, -0.05) is 60.1 Å². The van der Waals surface area contributed by atoms with Crippen molar-refractivity contribution in [2.24, 2.45) is 5.73 Å². The average Bonchev–Trinajstić information content (AvgIpc) is 3.03. The minimum absolute atomic E-state index is 0.133. The summed E-state index contributed by atoms with van der Waals surface area (Å²) in [5, 5.41) is 9.35. The Hall–Kier alpha value is -5.15. The van der Waals surface area contributed by atoms with Crippen LogP contribution in [0.2, 0.25) is 0 Å². The first-order valence-electron chi connectivity index (χ1n) is 14.0. The van der Waals surface area contributed by atoms with Gasteiger partial charge in [0.2, 0.25) is 0 Å². The van der Waals surface area contributed by atoms with E-state index in [-0.39, 0.29) is 31.3 Å². The lowest BCUT2D eigenvalue weighted by Crippen LogP contribution is -2.35. The van der Waals surface area contributed by atoms with E-state index in [1.165, 1.54) is 24.3 Å². The number of halogens is 2. The lowest BCUT2D eigenvalue weighted by atomic mass is 10.1. The van der Waals surface area contributed by atoms with Gasteiger partial charge in [0.25, 0.3) is 0 Å². The van der Waals surface area contributed by atoms with Crippen molar-refractivity contribution in [2.45, 2.75) is 25.6 Å². The molecule has 1 atom stereocenters. The molecule has 0 saturated heterocycles. The maximum Gasteiger partial charge on any atom is 0.320 e. The molecule has 4 rings (SSSR count). The molecule has 0 aromatic heterocycles. The molecule has 6 nitrogen and oxygen atoms in total. The zero-order valence-corrected chi connectivity index (χ0v) is 24.0. The van der Waals surface area contributed by atoms with Gasteiger partial charge in [0.05, 0.1) is 0 Å². The molecule has 0 aliphatic heterocycles. The van der Waals surface area contributed by atoms with Gasteiger partial charge in [-0.15, -0.1) is 0 Å². The summed E-state index contributed by atoms with van der Waals surface area (Å²) >= 11 is 0. The van der Waals surface area contributed by atoms with Crippen molar-refractivity contribution in [3.63, 3.8) is 0 Å². The molecular weight excluding hydrogens is 562 g/mol. The van der Waals surface area contributed by atoms with Crippen LogP contribution in [0.3, 0.4) is 0 Å². The molecule has 0 unspecified atom stereocenters. The number of aliphatic carboxylic acids is 1. The summed E-state index contributed by atoms with van der Waals surface area (Å²) in [6.07, 6.45) is 0.244. The first-order valence-corrected chi connectivity index (χ1v) is 14.0. The highest BCUT2D eigenvalue weighted by Crippen LogP contribution is 2.24. The maximum atomic E-state index is 13.1. The fourth-order valence-electron chi connectivity index (χ4n) is 4.26. The molecule has 0 spiro atoms. The number of para-hydroxylation sites is 2. The van der Waals surface area contributed by atoms with Gasteiger partial charge in [-0.3, -0.25) is 9.69 Å². The van der Waals surface area contributed by atoms with Gasteiger partial charge in [-0.05, 0) is 67.1 Å². The van der Waals surface area contributed by atoms with Gasteiger partial charge in [0, 0.05) is 41.9 Å². The summed E-state index contributed by atoms with van der Waals surface area (Å²) < 4.78 is 38.2. The van der Waals surface area contributed by atoms with Crippen LogP contribution in [0.4, 0.5) is 8.78 Å². The summed E-state index contributed by atoms with van der Waals surface area (Å²) in [6.45, 7) is 1.58. The molecule has 224 valence electrons. The fraction of sp³-hybridized carbons (Fsp3) is 0.194. The van der Waals surface area contributed by atoms with Gasteiger partial charge < -0.3 is 20.3 Å². The van der Waals surface area contributed by atoms with E-state index in [1.807, 2.05) is 48.5 Å². The Morgan fingerprint density at radius 1 is 0.727 bits per heavy atom. The smallest absolute Gasteiger partial charge is 0.320 e. The van der Waals surface area contributed by atoms with E-state index in [0.717, 1.165) is 11.1 Å². The highest BCUT2D eigenvalue weighted by molar-refractivity contribution is 5.73. The minimum Gasteiger partial charge on any atom is -0.481 e. The molecule has 0 aliphatic rings. The third kappa shape index (κ3) is 10.3. The Kier molecular flexibility index (Phi) is 11.9. The second-order valence-electron chi connectivity index (χ2n) is 9.85. The molecule has 0 radical (unpaired) electrons. The van der Waals surface area contributed by atoms with Crippen LogP contribution >= 0.6 is 0 Å². The molecule has 0 saturated carbocycles. The van der Waals surface area contributed by atoms with Crippen LogP contribution in [0.25, 0.3) is 0 Å². The number of nitrogens with zero attached hydrogens (tertiary/aromatic N) is 1. The number of nitrogens with two attached hydrogens (primary N) is 1. The van der Waals surface area contributed by atoms with Crippen LogP contribution in [-0.4, -0.2) is 41.8 Å². The van der Waals surface area contributed by atoms with E-state index in [9.17, 15) is 18.7 Å². The third-order valence-electron chi connectivity index (χ3n) is 6.56. The van der Waals surface area contributed by atoms with Crippen LogP contribution in [0.5, 0.6) is 11.5 Å². The van der Waals surface area contributed by atoms with Gasteiger partial charge in [-0.2, -0.15) is 0 Å². The van der Waals surface area contributed by atoms with Crippen LogP contribution in [0.15, 0.2) is 97.1 Å². The molecule has 0 heterocycles. The fourth-order valence-corrected chi connectivity index (χ4v) is 4.26. The molecule has 44 heavy (non-hydrogen) atoms. The van der Waals surface area contributed by atoms with Crippen LogP contribution in [0, 0.1) is 35.3 Å². The Bertz CT molecular complexity index is 1540. The van der Waals surface area contributed by atoms with Gasteiger partial charge >= 0.3 is 5.97 Å². The Morgan fingerprint density at radius 2 is 1.16 bits per heavy atom. The zero-order chi connectivity index (χ0) is 31.1. The quantitative estimate of drug-likeness (QED) is 0.207. The number of carbonyl (C=O) groups is 1. The number of hydrogen-bond acceptors (Lipinski definition) is 5. The van der Waals surface area contributed by atoms with E-state index in [4.69, 9.17) is 15.2 Å². The molecule has 3 N–H and O–H groups in total. The molecular formula is C36H32F2N2O4. The van der Waals surface area contributed by atoms with E-state index in [2.05, 4.69) is 28.6 Å². The van der Waals surface area contributed by atoms with Crippen molar-refractivity contribution in [2.75, 3.05) is 19.8 Å². The third-order valence-corrected chi connectivity index (χ3v) is 6.56. The van der Waals surface area contributed by atoms with Crippen molar-refractivity contribution in [1.82, 2.24) is 4.90 Å². The molecule has 0 amide bonds. The normalized spacial score (nSPS) is 11.1. The lowest BCUT2D eigenvalue weighted by Gasteiger charge is -2.25. The first-order chi connectivity index (χ1) is 21.4. The number of carboxylic acids is 1. The largest absolute Gasteiger partial charge is 0.481 e. The average molecular weight is 595 g/mol. The summed E-state index contributed by atoms with van der Waals surface area (Å²) in [7, 11) is 0. The van der Waals surface area contributed by atoms with Crippen LogP contribution in [0.1, 0.15) is 28.7 Å². The van der Waals surface area contributed by atoms with E-state index in [1.54, 1.807) is 24.3 Å². The molecule has 4 aromatic rings. The minimum atomic E-state index is -1.06. The molecule has 0 aliphatic carbocycles. The predicted molar refractivity (Wildman–Crippen MR) is 165 cm³/mol. The number of rotatable bonds is 12. The second-order valence-corrected chi connectivity index (χ2v) is 9.85. The molecule has 8 heteroatoms. The number of benzene rings is 4. The van der Waals surface area contributed by atoms with Crippen LogP contribution < -0.4 is 15.2 Å². The van der Waals surface area contributed by atoms with E-state index >= 15 is 0 Å². The van der Waals surface area contributed by atoms with Gasteiger partial charge in [0.15, 0.2) is 0 Å². The monoisotopic (exact) mass is 594 g/mol. The maximum absolute atomic E-state index is 13.1. The summed E-state index contributed by atoms with van der Waals surface area (Å²) in [5.41, 5.74) is 9.00. The van der Waals surface area contributed by atoms with Gasteiger partial charge in [-0.25, -0.2) is 8.78 Å². The Morgan fingerprint density at radius 3 is 1.59 bits per heavy atom. The molecule has 4 aromatic carbocycles. The SMILES string of the molecule is N[C@@H](CCN(Cc1ccccc1OCC#Cc1ccc(F)cc1)Cc1ccccc1OCC#Cc1ccc(F)cc1)C(=O)O. The number of carboxylic acid groups (broad SMARTS) is 1. The van der Waals surface area contributed by atoms with Crippen molar-refractivity contribution in [3.8, 4) is 35.2 Å². The van der Waals surface area contributed by atoms with Gasteiger partial charge in [0.1, 0.15) is 42.4 Å². The van der Waals surface area contributed by atoms with Crippen molar-refractivity contribution in [1.29, 1.82) is 0 Å². The van der Waals surface area contributed by atoms with Crippen molar-refractivity contribution >= 4 is 5.97 Å². The Balaban J connectivity index is 1.45. The lowest BCUT2D eigenvalue weighted by molar-refractivity contribution is -0.138. The topological polar surface area (TPSA) is 85.0 Å². The predicted octanol–water partition coefficient (Wildman–Crippen LogP) is 5.63. The van der Waals surface area contributed by atoms with Crippen molar-refractivity contribution in [3.05, 3.63) is 131 Å². The second kappa shape index (κ2) is 16.5. The summed E-state index contributed by atoms with van der Waals surface area (Å²) in [5.74, 6) is 11.4. The number of ether oxygens (including phenoxy) is 2. The molecule has 0 bridgehead atoms. The standard InChI is InChI=1S/C36H32F2N2O4/c37-31-17-13-27(14-18-31)7-5-23-43-34-11-3-1-9-29(34)25-40(22-21-33(39)36(41)42)26-30-10-2-4-12-35(30)44-24-6-8-28-15-19-32(38)20-16-28/h1-4,9-20,33H,21-26,39H2,(H,41,42)/t33-/m0/s1. The zero-order valence-electron chi connectivity index (χ0n) is 24.0. The molecule has 0 fully saturated rings. The van der Waals surface area contributed by atoms with E-state index in [0.29, 0.717) is 42.3 Å². The summed E-state index contributed by atoms with van der Waals surface area (Å²) in [6, 6.07) is 26.0. The van der Waals surface area contributed by atoms with Crippen LogP contribution in [-0.2, 0) is 17.9 Å².